The summed E-state index contributed by atoms with van der Waals surface area (Å²) in [5.41, 5.74) is 3.61. The maximum atomic E-state index is 13.3. The molecule has 0 radical (unpaired) electrons. The Balaban J connectivity index is 1.59. The summed E-state index contributed by atoms with van der Waals surface area (Å²) >= 11 is 0. The van der Waals surface area contributed by atoms with Crippen molar-refractivity contribution in [2.75, 3.05) is 11.9 Å². The highest BCUT2D eigenvalue weighted by Crippen LogP contribution is 2.50. The summed E-state index contributed by atoms with van der Waals surface area (Å²) in [7, 11) is 0. The maximum absolute atomic E-state index is 13.3. The fraction of sp³-hybridized carbons (Fsp3) is 0.391. The van der Waals surface area contributed by atoms with E-state index in [-0.39, 0.29) is 11.9 Å². The number of hydrogen-bond donors (Lipinski definition) is 1. The Bertz CT molecular complexity index is 796. The predicted octanol–water partition coefficient (Wildman–Crippen LogP) is 6.08. The van der Waals surface area contributed by atoms with Crippen molar-refractivity contribution in [3.8, 4) is 5.75 Å². The van der Waals surface area contributed by atoms with Crippen LogP contribution in [0.1, 0.15) is 49.8 Å². The zero-order valence-electron chi connectivity index (χ0n) is 15.4. The number of ether oxygens (including phenoxy) is 1. The number of allylic oxidation sites excluding steroid dienone is 2. The van der Waals surface area contributed by atoms with Crippen LogP contribution >= 0.6 is 0 Å². The van der Waals surface area contributed by atoms with Gasteiger partial charge in [0.2, 0.25) is 0 Å². The summed E-state index contributed by atoms with van der Waals surface area (Å²) < 4.78 is 19.3. The van der Waals surface area contributed by atoms with Crippen LogP contribution in [-0.2, 0) is 0 Å². The zero-order valence-corrected chi connectivity index (χ0v) is 15.4. The van der Waals surface area contributed by atoms with Crippen LogP contribution in [0.2, 0.25) is 0 Å². The first-order valence-electron chi connectivity index (χ1n) is 9.57. The lowest BCUT2D eigenvalue weighted by molar-refractivity contribution is 0.289. The van der Waals surface area contributed by atoms with Crippen LogP contribution in [0.25, 0.3) is 0 Å². The van der Waals surface area contributed by atoms with Crippen molar-refractivity contribution in [3.63, 3.8) is 0 Å². The van der Waals surface area contributed by atoms with Gasteiger partial charge in [-0.05, 0) is 66.1 Å². The Kier molecular flexibility index (Phi) is 4.71. The molecule has 0 bridgehead atoms. The van der Waals surface area contributed by atoms with Gasteiger partial charge in [-0.25, -0.2) is 4.39 Å². The van der Waals surface area contributed by atoms with Gasteiger partial charge in [0.05, 0.1) is 12.6 Å². The lowest BCUT2D eigenvalue weighted by Gasteiger charge is -2.37. The normalized spacial score (nSPS) is 23.5. The summed E-state index contributed by atoms with van der Waals surface area (Å²) in [6.07, 6.45) is 6.69. The molecule has 1 aliphatic carbocycles. The molecule has 2 aromatic rings. The van der Waals surface area contributed by atoms with Crippen molar-refractivity contribution in [2.45, 2.75) is 38.6 Å². The van der Waals surface area contributed by atoms with Crippen LogP contribution in [0.15, 0.2) is 54.6 Å². The van der Waals surface area contributed by atoms with Gasteiger partial charge in [-0.1, -0.05) is 38.1 Å². The summed E-state index contributed by atoms with van der Waals surface area (Å²) in [4.78, 5) is 0. The average Bonchev–Trinajstić information content (AvgIpc) is 3.12. The highest BCUT2D eigenvalue weighted by molar-refractivity contribution is 5.61. The van der Waals surface area contributed by atoms with E-state index < -0.39 is 0 Å². The Morgan fingerprint density at radius 3 is 2.73 bits per heavy atom. The molecule has 0 saturated carbocycles. The highest BCUT2D eigenvalue weighted by atomic mass is 19.1. The first kappa shape index (κ1) is 17.1. The zero-order chi connectivity index (χ0) is 18.1. The molecule has 0 fully saturated rings. The van der Waals surface area contributed by atoms with Crippen molar-refractivity contribution < 1.29 is 9.13 Å². The molecule has 1 heterocycles. The van der Waals surface area contributed by atoms with Gasteiger partial charge in [-0.3, -0.25) is 0 Å². The summed E-state index contributed by atoms with van der Waals surface area (Å²) in [5.74, 6) is 2.25. The third-order valence-corrected chi connectivity index (χ3v) is 5.53. The number of halogens is 1. The van der Waals surface area contributed by atoms with Crippen LogP contribution in [0.4, 0.5) is 10.1 Å². The van der Waals surface area contributed by atoms with Gasteiger partial charge in [0.15, 0.2) is 0 Å². The molecule has 136 valence electrons. The van der Waals surface area contributed by atoms with Gasteiger partial charge in [-0.15, -0.1) is 0 Å². The average molecular weight is 351 g/mol. The lowest BCUT2D eigenvalue weighted by Crippen LogP contribution is -2.29. The summed E-state index contributed by atoms with van der Waals surface area (Å²) in [6, 6.07) is 13.5. The summed E-state index contributed by atoms with van der Waals surface area (Å²) in [5, 5.41) is 3.69. The molecule has 0 aromatic heterocycles. The molecule has 3 unspecified atom stereocenters. The molecule has 3 heteroatoms. The highest BCUT2D eigenvalue weighted by Gasteiger charge is 2.38. The number of anilines is 1. The van der Waals surface area contributed by atoms with Crippen molar-refractivity contribution >= 4 is 5.69 Å². The molecule has 2 aliphatic rings. The number of hydrogen-bond acceptors (Lipinski definition) is 2. The van der Waals surface area contributed by atoms with E-state index in [0.717, 1.165) is 36.4 Å². The first-order chi connectivity index (χ1) is 12.6. The van der Waals surface area contributed by atoms with Crippen molar-refractivity contribution in [1.29, 1.82) is 0 Å². The van der Waals surface area contributed by atoms with E-state index >= 15 is 0 Å². The second-order valence-corrected chi connectivity index (χ2v) is 7.81. The van der Waals surface area contributed by atoms with E-state index in [2.05, 4.69) is 43.4 Å². The second-order valence-electron chi connectivity index (χ2n) is 7.81. The molecule has 26 heavy (non-hydrogen) atoms. The van der Waals surface area contributed by atoms with Crippen LogP contribution in [0.5, 0.6) is 5.75 Å². The second kappa shape index (κ2) is 7.14. The molecule has 0 amide bonds. The Morgan fingerprint density at radius 2 is 1.96 bits per heavy atom. The van der Waals surface area contributed by atoms with Crippen molar-refractivity contribution in [3.05, 3.63) is 71.6 Å². The monoisotopic (exact) mass is 351 g/mol. The molecule has 1 aliphatic heterocycles. The number of benzene rings is 2. The molecule has 2 aromatic carbocycles. The minimum absolute atomic E-state index is 0.186. The van der Waals surface area contributed by atoms with E-state index in [1.165, 1.54) is 5.56 Å². The van der Waals surface area contributed by atoms with Crippen LogP contribution in [0.3, 0.4) is 0 Å². The molecule has 0 spiro atoms. The molecular formula is C23H26FNO. The van der Waals surface area contributed by atoms with E-state index in [9.17, 15) is 4.39 Å². The van der Waals surface area contributed by atoms with Gasteiger partial charge in [0.1, 0.15) is 11.6 Å². The number of rotatable bonds is 5. The third kappa shape index (κ3) is 3.35. The fourth-order valence-corrected chi connectivity index (χ4v) is 4.07. The Labute approximate surface area is 155 Å². The molecule has 0 saturated heterocycles. The van der Waals surface area contributed by atoms with E-state index in [0.29, 0.717) is 17.8 Å². The van der Waals surface area contributed by atoms with Crippen LogP contribution < -0.4 is 10.1 Å². The van der Waals surface area contributed by atoms with Gasteiger partial charge >= 0.3 is 0 Å². The SMILES string of the molecule is CC(C)CCOc1ccc2c(c1)C1C=CCC1C(c1ccc(F)cc1)N2. The molecule has 2 nitrogen and oxygen atoms in total. The van der Waals surface area contributed by atoms with Crippen LogP contribution in [-0.4, -0.2) is 6.61 Å². The molecular weight excluding hydrogens is 325 g/mol. The number of nitrogens with one attached hydrogen (secondary N) is 1. The van der Waals surface area contributed by atoms with Gasteiger partial charge < -0.3 is 10.1 Å². The van der Waals surface area contributed by atoms with Crippen molar-refractivity contribution in [2.24, 2.45) is 11.8 Å². The quantitative estimate of drug-likeness (QED) is 0.659. The van der Waals surface area contributed by atoms with E-state index in [4.69, 9.17) is 4.74 Å². The van der Waals surface area contributed by atoms with Gasteiger partial charge in [-0.2, -0.15) is 0 Å². The minimum Gasteiger partial charge on any atom is -0.494 e. The first-order valence-corrected chi connectivity index (χ1v) is 9.57. The lowest BCUT2D eigenvalue weighted by atomic mass is 9.77. The fourth-order valence-electron chi connectivity index (χ4n) is 4.07. The van der Waals surface area contributed by atoms with Crippen molar-refractivity contribution in [1.82, 2.24) is 0 Å². The standard InChI is InChI=1S/C23H26FNO/c1-15(2)12-13-26-18-10-11-22-21(14-18)19-4-3-5-20(19)23(25-22)16-6-8-17(24)9-7-16/h3-4,6-11,14-15,19-20,23,25H,5,12-13H2,1-2H3. The Morgan fingerprint density at radius 1 is 1.15 bits per heavy atom. The topological polar surface area (TPSA) is 21.3 Å². The maximum Gasteiger partial charge on any atom is 0.123 e. The van der Waals surface area contributed by atoms with Crippen LogP contribution in [0, 0.1) is 17.7 Å². The van der Waals surface area contributed by atoms with E-state index in [1.807, 2.05) is 18.2 Å². The minimum atomic E-state index is -0.186. The van der Waals surface area contributed by atoms with Gasteiger partial charge in [0.25, 0.3) is 0 Å². The molecule has 3 atom stereocenters. The van der Waals surface area contributed by atoms with E-state index in [1.54, 1.807) is 12.1 Å². The smallest absolute Gasteiger partial charge is 0.123 e. The molecule has 4 rings (SSSR count). The largest absolute Gasteiger partial charge is 0.494 e. The van der Waals surface area contributed by atoms with Gasteiger partial charge in [0, 0.05) is 11.6 Å². The third-order valence-electron chi connectivity index (χ3n) is 5.53. The predicted molar refractivity (Wildman–Crippen MR) is 104 cm³/mol. The molecule has 1 N–H and O–H groups in total. The Hall–Kier alpha value is -2.29. The number of fused-ring (bicyclic) bond motifs is 3. The summed E-state index contributed by atoms with van der Waals surface area (Å²) in [6.45, 7) is 5.18.